The number of fused-ring (bicyclic) bond motifs is 3. The molecular weight excluding hydrogens is 693 g/mol. The van der Waals surface area contributed by atoms with Gasteiger partial charge >= 0.3 is 12.4 Å². The molecule has 0 radical (unpaired) electrons. The molecule has 3 aliphatic heterocycles. The Morgan fingerprint density at radius 3 is 1.94 bits per heavy atom. The van der Waals surface area contributed by atoms with Crippen LogP contribution in [0.25, 0.3) is 0 Å². The van der Waals surface area contributed by atoms with Crippen molar-refractivity contribution < 1.29 is 62.2 Å². The summed E-state index contributed by atoms with van der Waals surface area (Å²) in [6.45, 7) is -1.13. The van der Waals surface area contributed by atoms with Crippen LogP contribution in [0, 0.1) is 23.4 Å². The molecule has 6 nitrogen and oxygen atoms in total. The fourth-order valence-corrected chi connectivity index (χ4v) is 9.24. The highest BCUT2D eigenvalue weighted by atomic mass is 32.2. The van der Waals surface area contributed by atoms with Gasteiger partial charge in [-0.1, -0.05) is 30.3 Å². The molecule has 3 aromatic carbocycles. The van der Waals surface area contributed by atoms with Gasteiger partial charge in [0.1, 0.15) is 22.2 Å². The zero-order valence-corrected chi connectivity index (χ0v) is 26.1. The molecule has 3 aromatic rings. The molecule has 264 valence electrons. The average Bonchev–Trinajstić information content (AvgIpc) is 3.02. The number of halogens is 9. The maximum Gasteiger partial charge on any atom is 0.430 e. The van der Waals surface area contributed by atoms with Gasteiger partial charge in [-0.25, -0.2) is 21.6 Å². The van der Waals surface area contributed by atoms with Crippen LogP contribution in [0.5, 0.6) is 0 Å². The molecule has 2 unspecified atom stereocenters. The van der Waals surface area contributed by atoms with E-state index < -0.39 is 73.6 Å². The maximum atomic E-state index is 14.5. The summed E-state index contributed by atoms with van der Waals surface area (Å²) in [5, 5.41) is 0. The van der Waals surface area contributed by atoms with E-state index in [0.717, 1.165) is 48.9 Å². The number of hydrogen-bond donors (Lipinski definition) is 0. The van der Waals surface area contributed by atoms with Gasteiger partial charge in [0.05, 0.1) is 30.3 Å². The van der Waals surface area contributed by atoms with E-state index in [4.69, 9.17) is 4.74 Å². The maximum absolute atomic E-state index is 14.5. The molecule has 0 aromatic heterocycles. The highest BCUT2D eigenvalue weighted by molar-refractivity contribution is 7.92. The predicted molar refractivity (Wildman–Crippen MR) is 154 cm³/mol. The van der Waals surface area contributed by atoms with Crippen LogP contribution in [-0.4, -0.2) is 56.9 Å². The van der Waals surface area contributed by atoms with Crippen molar-refractivity contribution in [3.63, 3.8) is 0 Å². The second-order valence-electron chi connectivity index (χ2n) is 12.5. The van der Waals surface area contributed by atoms with Crippen molar-refractivity contribution >= 4 is 15.7 Å². The van der Waals surface area contributed by atoms with Crippen LogP contribution in [0.3, 0.4) is 0 Å². The molecule has 16 heteroatoms. The minimum Gasteiger partial charge on any atom is -0.374 e. The summed E-state index contributed by atoms with van der Waals surface area (Å²) in [6, 6.07) is 7.98. The van der Waals surface area contributed by atoms with Gasteiger partial charge in [0.2, 0.25) is 5.91 Å². The van der Waals surface area contributed by atoms with Crippen molar-refractivity contribution in [1.82, 2.24) is 4.90 Å². The second kappa shape index (κ2) is 12.3. The Hall–Kier alpha value is -3.63. The van der Waals surface area contributed by atoms with Crippen LogP contribution < -0.4 is 0 Å². The largest absolute Gasteiger partial charge is 0.430 e. The zero-order valence-electron chi connectivity index (χ0n) is 25.3. The molecule has 4 fully saturated rings. The Kier molecular flexibility index (Phi) is 8.84. The number of carbonyl (C=O) groups is 1. The molecule has 49 heavy (non-hydrogen) atoms. The number of carbonyl (C=O) groups excluding carboxylic acids is 1. The summed E-state index contributed by atoms with van der Waals surface area (Å²) in [4.78, 5) is 14.8. The molecule has 1 saturated carbocycles. The summed E-state index contributed by atoms with van der Waals surface area (Å²) in [5.74, 6) is -4.81. The zero-order chi connectivity index (χ0) is 35.6. The number of piperidine rings is 1. The third kappa shape index (κ3) is 5.78. The number of alkyl halides is 6. The van der Waals surface area contributed by atoms with E-state index in [0.29, 0.717) is 43.8 Å². The highest BCUT2D eigenvalue weighted by Crippen LogP contribution is 2.57. The third-order valence-corrected chi connectivity index (χ3v) is 12.2. The van der Waals surface area contributed by atoms with Gasteiger partial charge in [-0.05, 0) is 67.6 Å². The first kappa shape index (κ1) is 35.2. The lowest BCUT2D eigenvalue weighted by Crippen LogP contribution is -2.61. The first-order valence-corrected chi connectivity index (χ1v) is 16.6. The van der Waals surface area contributed by atoms with Gasteiger partial charge in [0.25, 0.3) is 5.60 Å². The number of morpholine rings is 1. The van der Waals surface area contributed by atoms with E-state index in [1.807, 2.05) is 0 Å². The second-order valence-corrected chi connectivity index (χ2v) is 14.7. The molecule has 3 saturated heterocycles. The number of rotatable bonds is 8. The molecule has 3 heterocycles. The van der Waals surface area contributed by atoms with Gasteiger partial charge < -0.3 is 14.4 Å². The van der Waals surface area contributed by atoms with E-state index >= 15 is 0 Å². The molecule has 1 aliphatic carbocycles. The average molecular weight is 722 g/mol. The molecule has 0 N–H and O–H groups in total. The first-order chi connectivity index (χ1) is 22.9. The van der Waals surface area contributed by atoms with Crippen molar-refractivity contribution in [2.45, 2.75) is 72.0 Å². The molecule has 2 atom stereocenters. The summed E-state index contributed by atoms with van der Waals surface area (Å²) < 4.78 is 165. The lowest BCUT2D eigenvalue weighted by molar-refractivity contribution is -0.392. The fourth-order valence-electron chi connectivity index (χ4n) is 7.01. The molecule has 4 aliphatic rings. The van der Waals surface area contributed by atoms with Gasteiger partial charge in [-0.15, -0.1) is 0 Å². The summed E-state index contributed by atoms with van der Waals surface area (Å²) in [7, 11) is -4.52. The van der Waals surface area contributed by atoms with Gasteiger partial charge in [-0.3, -0.25) is 4.79 Å². The van der Waals surface area contributed by atoms with Gasteiger partial charge in [0.15, 0.2) is 9.84 Å². The first-order valence-electron chi connectivity index (χ1n) is 15.1. The van der Waals surface area contributed by atoms with Gasteiger partial charge in [0, 0.05) is 23.6 Å². The summed E-state index contributed by atoms with van der Waals surface area (Å²) in [5.41, 5.74) is -7.99. The van der Waals surface area contributed by atoms with Crippen LogP contribution in [0.1, 0.15) is 42.4 Å². The van der Waals surface area contributed by atoms with E-state index in [-0.39, 0.29) is 41.4 Å². The number of ether oxygens (including phenoxy) is 2. The lowest BCUT2D eigenvalue weighted by atomic mass is 9.69. The number of benzene rings is 3. The Labute approximate surface area is 274 Å². The molecule has 1 amide bonds. The normalized spacial score (nSPS) is 24.5. The molecular formula is C33H28F9NO5S. The monoisotopic (exact) mass is 721 g/mol. The smallest absolute Gasteiger partial charge is 0.374 e. The molecule has 0 spiro atoms. The SMILES string of the molecule is O=C(C1CC(c2ccc(C(OCc3c(F)cccc3F)(C(F)(F)F)C(F)(F)F)cc2)(S(=O)(=O)c2ccc(F)cc2)C1)N1CC2CCC1CO2. The van der Waals surface area contributed by atoms with Crippen molar-refractivity contribution in [3.8, 4) is 0 Å². The Morgan fingerprint density at radius 1 is 0.857 bits per heavy atom. The lowest BCUT2D eigenvalue weighted by Gasteiger charge is -2.51. The Balaban J connectivity index is 1.39. The fraction of sp³-hybridized carbons (Fsp3) is 0.424. The van der Waals surface area contributed by atoms with Crippen LogP contribution in [0.4, 0.5) is 39.5 Å². The summed E-state index contributed by atoms with van der Waals surface area (Å²) >= 11 is 0. The van der Waals surface area contributed by atoms with Crippen molar-refractivity contribution in [2.75, 3.05) is 13.2 Å². The van der Waals surface area contributed by atoms with Crippen molar-refractivity contribution in [1.29, 1.82) is 0 Å². The van der Waals surface area contributed by atoms with E-state index in [2.05, 4.69) is 4.74 Å². The standard InChI is InChI=1S/C33H28F9NO5S/c34-22-8-12-25(13-9-22)49(45,46)30(14-19(15-30)29(44)43-16-24-11-10-23(43)17-47-24)20-4-6-21(7-5-20)31(32(37,38)39,33(40,41)42)48-18-26-27(35)2-1-3-28(26)36/h1-9,12-13,19,23-24H,10-11,14-18H2. The molecule has 7 rings (SSSR count). The minimum absolute atomic E-state index is 0.172. The predicted octanol–water partition coefficient (Wildman–Crippen LogP) is 7.11. The molecule has 2 bridgehead atoms. The van der Waals surface area contributed by atoms with E-state index in [1.54, 1.807) is 4.90 Å². The highest BCUT2D eigenvalue weighted by Gasteiger charge is 2.73. The number of hydrogen-bond acceptors (Lipinski definition) is 5. The van der Waals surface area contributed by atoms with Crippen LogP contribution in [-0.2, 0) is 41.1 Å². The van der Waals surface area contributed by atoms with Crippen LogP contribution >= 0.6 is 0 Å². The van der Waals surface area contributed by atoms with E-state index in [1.165, 1.54) is 0 Å². The number of sulfone groups is 1. The third-order valence-electron chi connectivity index (χ3n) is 9.72. The minimum atomic E-state index is -6.21. The van der Waals surface area contributed by atoms with Crippen molar-refractivity contribution in [2.24, 2.45) is 5.92 Å². The Bertz CT molecular complexity index is 1780. The van der Waals surface area contributed by atoms with Gasteiger partial charge in [-0.2, -0.15) is 26.3 Å². The van der Waals surface area contributed by atoms with Crippen LogP contribution in [0.2, 0.25) is 0 Å². The quantitative estimate of drug-likeness (QED) is 0.183. The van der Waals surface area contributed by atoms with E-state index in [9.17, 15) is 52.7 Å². The number of amides is 1. The Morgan fingerprint density at radius 2 is 1.45 bits per heavy atom. The van der Waals surface area contributed by atoms with Crippen molar-refractivity contribution in [3.05, 3.63) is 101 Å². The van der Waals surface area contributed by atoms with Crippen LogP contribution in [0.15, 0.2) is 71.6 Å². The summed E-state index contributed by atoms with van der Waals surface area (Å²) in [6.07, 6.45) is -11.9. The number of nitrogens with zero attached hydrogens (tertiary/aromatic N) is 1. The topological polar surface area (TPSA) is 72.9 Å².